The molecule has 1 aromatic carbocycles. The molecular weight excluding hydrogens is 503 g/mol. The number of nitrogens with zero attached hydrogens (tertiary/aromatic N) is 6. The average molecular weight is 526 g/mol. The quantitative estimate of drug-likeness (QED) is 0.186. The van der Waals surface area contributed by atoms with Crippen LogP contribution in [0.4, 0.5) is 13.2 Å². The third-order valence-corrected chi connectivity index (χ3v) is 6.74. The van der Waals surface area contributed by atoms with Gasteiger partial charge in [-0.25, -0.2) is 19.4 Å². The van der Waals surface area contributed by atoms with E-state index in [-0.39, 0.29) is 29.3 Å². The van der Waals surface area contributed by atoms with E-state index in [1.54, 1.807) is 36.5 Å². The van der Waals surface area contributed by atoms with Crippen LogP contribution < -0.4 is 5.73 Å². The van der Waals surface area contributed by atoms with Crippen LogP contribution in [0.25, 0.3) is 22.4 Å². The molecule has 0 saturated heterocycles. The third-order valence-electron chi connectivity index (χ3n) is 6.50. The van der Waals surface area contributed by atoms with Crippen molar-refractivity contribution in [2.24, 2.45) is 15.7 Å². The topological polar surface area (TPSA) is 94.3 Å². The molecule has 37 heavy (non-hydrogen) atoms. The van der Waals surface area contributed by atoms with E-state index in [4.69, 9.17) is 22.3 Å². The molecule has 190 valence electrons. The van der Waals surface area contributed by atoms with Crippen molar-refractivity contribution in [1.82, 2.24) is 19.5 Å². The number of imidazole rings is 1. The monoisotopic (exact) mass is 525 g/mol. The first kappa shape index (κ1) is 24.9. The summed E-state index contributed by atoms with van der Waals surface area (Å²) in [5, 5.41) is 0.633. The molecule has 1 fully saturated rings. The van der Waals surface area contributed by atoms with Gasteiger partial charge < -0.3 is 10.3 Å². The number of aliphatic imine (C=N–C) groups is 2. The summed E-state index contributed by atoms with van der Waals surface area (Å²) in [5.41, 5.74) is 8.81. The SMILES string of the molecule is NC(=N/C=N/C(F)F)c1cc2c(cn1)nc(-c1ccccc1F)n2C1CCCC(c2cc(Cl)ccn2)C1. The van der Waals surface area contributed by atoms with Crippen LogP contribution in [-0.4, -0.2) is 38.2 Å². The molecule has 0 aliphatic heterocycles. The molecule has 5 rings (SSSR count). The summed E-state index contributed by atoms with van der Waals surface area (Å²) in [6.45, 7) is -2.88. The summed E-state index contributed by atoms with van der Waals surface area (Å²) in [4.78, 5) is 20.2. The molecule has 0 amide bonds. The summed E-state index contributed by atoms with van der Waals surface area (Å²) < 4.78 is 41.7. The smallest absolute Gasteiger partial charge is 0.333 e. The molecule has 0 radical (unpaired) electrons. The van der Waals surface area contributed by atoms with Crippen molar-refractivity contribution in [3.05, 3.63) is 77.1 Å². The molecule has 1 saturated carbocycles. The number of aromatic nitrogens is 4. The Morgan fingerprint density at radius 1 is 1.16 bits per heavy atom. The second kappa shape index (κ2) is 10.7. The minimum absolute atomic E-state index is 0.0204. The van der Waals surface area contributed by atoms with Gasteiger partial charge in [0.05, 0.1) is 17.3 Å². The van der Waals surface area contributed by atoms with Gasteiger partial charge in [0.15, 0.2) is 5.84 Å². The molecule has 4 aromatic rings. The average Bonchev–Trinajstić information content (AvgIpc) is 3.27. The Labute approximate surface area is 216 Å². The van der Waals surface area contributed by atoms with Crippen molar-refractivity contribution < 1.29 is 13.2 Å². The number of amidine groups is 1. The Kier molecular flexibility index (Phi) is 7.18. The van der Waals surface area contributed by atoms with E-state index >= 15 is 0 Å². The van der Waals surface area contributed by atoms with Crippen LogP contribution in [0.2, 0.25) is 5.02 Å². The normalized spacial score (nSPS) is 18.8. The van der Waals surface area contributed by atoms with Gasteiger partial charge in [-0.1, -0.05) is 30.2 Å². The van der Waals surface area contributed by atoms with E-state index in [0.717, 1.165) is 31.4 Å². The Bertz CT molecular complexity index is 1480. The molecule has 3 heterocycles. The maximum atomic E-state index is 14.9. The highest BCUT2D eigenvalue weighted by atomic mass is 35.5. The highest BCUT2D eigenvalue weighted by molar-refractivity contribution is 6.30. The van der Waals surface area contributed by atoms with Gasteiger partial charge in [0.1, 0.15) is 29.2 Å². The minimum atomic E-state index is -2.88. The summed E-state index contributed by atoms with van der Waals surface area (Å²) >= 11 is 6.22. The zero-order valence-corrected chi connectivity index (χ0v) is 20.4. The number of fused-ring (bicyclic) bond motifs is 1. The van der Waals surface area contributed by atoms with Gasteiger partial charge in [0.2, 0.25) is 0 Å². The maximum absolute atomic E-state index is 14.9. The molecule has 3 aromatic heterocycles. The number of benzene rings is 1. The van der Waals surface area contributed by atoms with Crippen LogP contribution in [0.3, 0.4) is 0 Å². The van der Waals surface area contributed by atoms with Gasteiger partial charge >= 0.3 is 6.55 Å². The number of hydrogen-bond acceptors (Lipinski definition) is 4. The lowest BCUT2D eigenvalue weighted by molar-refractivity contribution is 0.160. The molecule has 2 atom stereocenters. The number of nitrogens with two attached hydrogens (primary N) is 1. The molecule has 1 aliphatic carbocycles. The maximum Gasteiger partial charge on any atom is 0.333 e. The standard InChI is InChI=1S/C26H23ClF3N7/c27-16-8-9-32-20(11-16)15-4-3-5-17(10-15)37-23-12-21(24(31)34-14-35-26(29)30)33-13-22(23)36-25(37)18-6-1-2-7-19(18)28/h1-2,6-9,11-15,17,26H,3-5,10H2,(H2,31,34,35). The second-order valence-corrected chi connectivity index (χ2v) is 9.25. The van der Waals surface area contributed by atoms with Gasteiger partial charge in [0, 0.05) is 28.9 Å². The van der Waals surface area contributed by atoms with Gasteiger partial charge in [-0.2, -0.15) is 8.78 Å². The van der Waals surface area contributed by atoms with Crippen LogP contribution in [0.5, 0.6) is 0 Å². The molecular formula is C26H23ClF3N7. The molecule has 2 unspecified atom stereocenters. The number of alkyl halides is 2. The fourth-order valence-corrected chi connectivity index (χ4v) is 5.03. The van der Waals surface area contributed by atoms with Crippen molar-refractivity contribution in [3.63, 3.8) is 0 Å². The van der Waals surface area contributed by atoms with E-state index in [1.807, 2.05) is 10.6 Å². The van der Waals surface area contributed by atoms with Gasteiger partial charge in [-0.15, -0.1) is 0 Å². The Morgan fingerprint density at radius 2 is 2.00 bits per heavy atom. The van der Waals surface area contributed by atoms with E-state index in [1.165, 1.54) is 12.3 Å². The number of hydrogen-bond donors (Lipinski definition) is 1. The van der Waals surface area contributed by atoms with Crippen LogP contribution in [0, 0.1) is 5.82 Å². The fourth-order valence-electron chi connectivity index (χ4n) is 4.86. The largest absolute Gasteiger partial charge is 0.382 e. The third kappa shape index (κ3) is 5.34. The van der Waals surface area contributed by atoms with Crippen molar-refractivity contribution in [2.45, 2.75) is 44.2 Å². The zero-order valence-electron chi connectivity index (χ0n) is 19.6. The van der Waals surface area contributed by atoms with E-state index < -0.39 is 6.55 Å². The van der Waals surface area contributed by atoms with Gasteiger partial charge in [-0.05, 0) is 49.6 Å². The van der Waals surface area contributed by atoms with Crippen molar-refractivity contribution >= 4 is 34.8 Å². The zero-order chi connectivity index (χ0) is 25.9. The first-order valence-electron chi connectivity index (χ1n) is 11.8. The Balaban J connectivity index is 1.62. The number of halogens is 4. The predicted molar refractivity (Wildman–Crippen MR) is 138 cm³/mol. The van der Waals surface area contributed by atoms with Crippen LogP contribution >= 0.6 is 11.6 Å². The number of pyridine rings is 2. The van der Waals surface area contributed by atoms with Crippen LogP contribution in [0.15, 0.2) is 64.8 Å². The Hall–Kier alpha value is -3.79. The van der Waals surface area contributed by atoms with E-state index in [9.17, 15) is 13.2 Å². The lowest BCUT2D eigenvalue weighted by Gasteiger charge is -2.31. The fraction of sp³-hybridized carbons (Fsp3) is 0.269. The van der Waals surface area contributed by atoms with E-state index in [0.29, 0.717) is 33.8 Å². The predicted octanol–water partition coefficient (Wildman–Crippen LogP) is 6.14. The van der Waals surface area contributed by atoms with Crippen molar-refractivity contribution in [1.29, 1.82) is 0 Å². The molecule has 0 bridgehead atoms. The minimum Gasteiger partial charge on any atom is -0.382 e. The summed E-state index contributed by atoms with van der Waals surface area (Å²) in [6, 6.07) is 11.8. The molecule has 1 aliphatic rings. The summed E-state index contributed by atoms with van der Waals surface area (Å²) in [5.74, 6) is 0.185. The van der Waals surface area contributed by atoms with Gasteiger partial charge in [0.25, 0.3) is 0 Å². The van der Waals surface area contributed by atoms with Crippen LogP contribution in [0.1, 0.15) is 49.0 Å². The van der Waals surface area contributed by atoms with Crippen molar-refractivity contribution in [3.8, 4) is 11.4 Å². The van der Waals surface area contributed by atoms with Crippen LogP contribution in [-0.2, 0) is 0 Å². The highest BCUT2D eigenvalue weighted by Crippen LogP contribution is 2.42. The Morgan fingerprint density at radius 3 is 2.78 bits per heavy atom. The van der Waals surface area contributed by atoms with E-state index in [2.05, 4.69) is 20.0 Å². The summed E-state index contributed by atoms with van der Waals surface area (Å²) in [6.07, 6.45) is 7.44. The first-order chi connectivity index (χ1) is 17.9. The molecule has 2 N–H and O–H groups in total. The molecule has 7 nitrogen and oxygen atoms in total. The summed E-state index contributed by atoms with van der Waals surface area (Å²) in [7, 11) is 0. The lowest BCUT2D eigenvalue weighted by atomic mass is 9.83. The van der Waals surface area contributed by atoms with Gasteiger partial charge in [-0.3, -0.25) is 9.97 Å². The lowest BCUT2D eigenvalue weighted by Crippen LogP contribution is -2.20. The molecule has 11 heteroatoms. The number of rotatable bonds is 6. The van der Waals surface area contributed by atoms with Crippen molar-refractivity contribution in [2.75, 3.05) is 0 Å². The first-order valence-corrected chi connectivity index (χ1v) is 12.2. The second-order valence-electron chi connectivity index (χ2n) is 8.82. The highest BCUT2D eigenvalue weighted by Gasteiger charge is 2.29. The molecule has 0 spiro atoms.